The summed E-state index contributed by atoms with van der Waals surface area (Å²) in [5.41, 5.74) is 4.46. The van der Waals surface area contributed by atoms with Gasteiger partial charge in [-0.25, -0.2) is 14.6 Å². The molecule has 368 valence electrons. The third-order valence-corrected chi connectivity index (χ3v) is 11.2. The molecule has 7 amide bonds. The maximum Gasteiger partial charge on any atom is 0.336 e. The fourth-order valence-electron chi connectivity index (χ4n) is 7.27. The van der Waals surface area contributed by atoms with Crippen molar-refractivity contribution in [1.29, 1.82) is 0 Å². The smallest absolute Gasteiger partial charge is 0.336 e. The Hall–Kier alpha value is -6.57. The van der Waals surface area contributed by atoms with E-state index in [-0.39, 0.29) is 32.5 Å². The topological polar surface area (TPSA) is 279 Å². The van der Waals surface area contributed by atoms with E-state index in [0.29, 0.717) is 6.42 Å². The molecule has 0 unspecified atom stereocenters. The zero-order valence-electron chi connectivity index (χ0n) is 39.3. The molecule has 2 aromatic carbocycles. The summed E-state index contributed by atoms with van der Waals surface area (Å²) in [6, 6.07) is 11.6. The zero-order chi connectivity index (χ0) is 49.8. The van der Waals surface area contributed by atoms with Crippen molar-refractivity contribution in [2.45, 2.75) is 142 Å². The number of urea groups is 1. The van der Waals surface area contributed by atoms with Gasteiger partial charge in [-0.1, -0.05) is 108 Å². The number of hydrogen-bond acceptors (Lipinski definition) is 11. The van der Waals surface area contributed by atoms with Gasteiger partial charge in [-0.2, -0.15) is 0 Å². The standard InChI is InChI=1S/C47H67N7O13/c1-8-10-17-22-54(47(65)48-30(6)33-20-15-12-16-21-33)52-43(61)37-23-34(66-27-32-18-13-11-14-19-32)26-53(37)45(63)40(28(3)4)51-44(62)41(29(5)9-2)67-46(64)36(25-39(58)59)50-42(60)35(24-38(56)57)49-31(7)55/h11-16,18-21,28-30,34-37,40-41H,8-10,17,22-27H2,1-7H3,(H,48,65)(H,49,55)(H,50,60)(H,51,62)(H,52,61)(H,56,57)(H,58,59)/t29-,30+,34-,35+,36-,37-,40+,41+/m1/s1. The van der Waals surface area contributed by atoms with Crippen molar-refractivity contribution in [3.05, 3.63) is 71.8 Å². The minimum atomic E-state index is -1.92. The number of ether oxygens (including phenoxy) is 2. The molecule has 0 spiro atoms. The molecule has 3 rings (SSSR count). The number of carbonyl (C=O) groups is 9. The van der Waals surface area contributed by atoms with Crippen LogP contribution in [0.1, 0.15) is 111 Å². The summed E-state index contributed by atoms with van der Waals surface area (Å²) in [5, 5.41) is 29.9. The Balaban J connectivity index is 1.91. The highest BCUT2D eigenvalue weighted by Gasteiger charge is 2.45. The Bertz CT molecular complexity index is 1990. The summed E-state index contributed by atoms with van der Waals surface area (Å²) >= 11 is 0. The van der Waals surface area contributed by atoms with Gasteiger partial charge in [-0.05, 0) is 36.8 Å². The minimum absolute atomic E-state index is 0.0487. The van der Waals surface area contributed by atoms with Gasteiger partial charge in [0.05, 0.1) is 31.6 Å². The molecule has 0 radical (unpaired) electrons. The molecule has 2 aromatic rings. The van der Waals surface area contributed by atoms with Crippen LogP contribution in [0.4, 0.5) is 4.79 Å². The van der Waals surface area contributed by atoms with E-state index in [0.717, 1.165) is 30.9 Å². The molecule has 1 saturated heterocycles. The number of carboxylic acids is 2. The maximum atomic E-state index is 14.7. The van der Waals surface area contributed by atoms with Gasteiger partial charge in [0.15, 0.2) is 6.10 Å². The number of aliphatic carboxylic acids is 2. The SMILES string of the molecule is CCCCCN(NC(=O)[C@H]1C[C@@H](OCc2ccccc2)CN1C(=O)[C@@H](NC(=O)[C@@H](OC(=O)[C@@H](CC(=O)O)NC(=O)[C@H](CC(=O)O)NC(C)=O)[C@H](C)CC)C(C)C)C(=O)N[C@@H](C)c1ccccc1. The van der Waals surface area contributed by atoms with Gasteiger partial charge in [0.25, 0.3) is 11.8 Å². The van der Waals surface area contributed by atoms with E-state index in [1.165, 1.54) is 9.91 Å². The third-order valence-electron chi connectivity index (χ3n) is 11.2. The van der Waals surface area contributed by atoms with Crippen molar-refractivity contribution >= 4 is 53.5 Å². The number of carboxylic acid groups (broad SMARTS) is 2. The fraction of sp³-hybridized carbons (Fsp3) is 0.553. The number of nitrogens with one attached hydrogen (secondary N) is 5. The number of amides is 7. The lowest BCUT2D eigenvalue weighted by Gasteiger charge is -2.33. The summed E-state index contributed by atoms with van der Waals surface area (Å²) < 4.78 is 11.8. The van der Waals surface area contributed by atoms with Crippen LogP contribution in [0.3, 0.4) is 0 Å². The Morgan fingerprint density at radius 1 is 0.776 bits per heavy atom. The maximum absolute atomic E-state index is 14.7. The molecule has 1 aliphatic heterocycles. The number of esters is 1. The number of unbranched alkanes of at least 4 members (excludes halogenated alkanes) is 2. The molecule has 67 heavy (non-hydrogen) atoms. The monoisotopic (exact) mass is 937 g/mol. The number of rotatable bonds is 25. The van der Waals surface area contributed by atoms with Crippen molar-refractivity contribution in [3.63, 3.8) is 0 Å². The molecule has 0 saturated carbocycles. The van der Waals surface area contributed by atoms with Crippen LogP contribution in [-0.2, 0) is 54.4 Å². The van der Waals surface area contributed by atoms with Crippen molar-refractivity contribution in [2.24, 2.45) is 11.8 Å². The van der Waals surface area contributed by atoms with Gasteiger partial charge < -0.3 is 45.9 Å². The second-order valence-electron chi connectivity index (χ2n) is 17.1. The molecule has 20 heteroatoms. The Morgan fingerprint density at radius 2 is 1.39 bits per heavy atom. The molecule has 7 N–H and O–H groups in total. The molecule has 1 fully saturated rings. The van der Waals surface area contributed by atoms with E-state index in [2.05, 4.69) is 26.7 Å². The first kappa shape index (κ1) is 54.8. The van der Waals surface area contributed by atoms with Gasteiger partial charge in [-0.15, -0.1) is 0 Å². The number of hydrazine groups is 1. The van der Waals surface area contributed by atoms with Gasteiger partial charge >= 0.3 is 23.9 Å². The second kappa shape index (κ2) is 27.2. The lowest BCUT2D eigenvalue weighted by atomic mass is 9.98. The second-order valence-corrected chi connectivity index (χ2v) is 17.1. The number of likely N-dealkylation sites (tertiary alicyclic amines) is 1. The van der Waals surface area contributed by atoms with Gasteiger partial charge in [0, 0.05) is 32.4 Å². The van der Waals surface area contributed by atoms with E-state index >= 15 is 0 Å². The zero-order valence-corrected chi connectivity index (χ0v) is 39.3. The van der Waals surface area contributed by atoms with Crippen molar-refractivity contribution < 1.29 is 62.8 Å². The lowest BCUT2D eigenvalue weighted by molar-refractivity contribution is -0.164. The van der Waals surface area contributed by atoms with Gasteiger partial charge in [0.2, 0.25) is 17.7 Å². The first-order chi connectivity index (χ1) is 31.7. The number of hydrogen-bond donors (Lipinski definition) is 7. The van der Waals surface area contributed by atoms with Crippen LogP contribution in [0, 0.1) is 11.8 Å². The summed E-state index contributed by atoms with van der Waals surface area (Å²) in [7, 11) is 0. The summed E-state index contributed by atoms with van der Waals surface area (Å²) in [6.45, 7) is 11.8. The molecule has 8 atom stereocenters. The van der Waals surface area contributed by atoms with Crippen LogP contribution in [0.15, 0.2) is 60.7 Å². The van der Waals surface area contributed by atoms with Crippen molar-refractivity contribution in [2.75, 3.05) is 13.1 Å². The first-order valence-electron chi connectivity index (χ1n) is 22.7. The van der Waals surface area contributed by atoms with Crippen molar-refractivity contribution in [3.8, 4) is 0 Å². The highest BCUT2D eigenvalue weighted by molar-refractivity contribution is 5.96. The molecule has 20 nitrogen and oxygen atoms in total. The van der Waals surface area contributed by atoms with E-state index < -0.39 is 121 Å². The summed E-state index contributed by atoms with van der Waals surface area (Å²) in [6.07, 6.45) is -1.67. The lowest BCUT2D eigenvalue weighted by Crippen LogP contribution is -2.60. The molecule has 1 aliphatic rings. The van der Waals surface area contributed by atoms with E-state index in [1.54, 1.807) is 27.7 Å². The Labute approximate surface area is 391 Å². The van der Waals surface area contributed by atoms with Gasteiger partial charge in [0.1, 0.15) is 24.2 Å². The summed E-state index contributed by atoms with van der Waals surface area (Å²) in [4.78, 5) is 120. The van der Waals surface area contributed by atoms with Crippen LogP contribution >= 0.6 is 0 Å². The quantitative estimate of drug-likeness (QED) is 0.0429. The fourth-order valence-corrected chi connectivity index (χ4v) is 7.27. The van der Waals surface area contributed by atoms with E-state index in [1.807, 2.05) is 74.5 Å². The van der Waals surface area contributed by atoms with E-state index in [9.17, 15) is 53.4 Å². The highest BCUT2D eigenvalue weighted by Crippen LogP contribution is 2.25. The predicted molar refractivity (Wildman–Crippen MR) is 243 cm³/mol. The largest absolute Gasteiger partial charge is 0.481 e. The number of benzene rings is 2. The Morgan fingerprint density at radius 3 is 1.96 bits per heavy atom. The van der Waals surface area contributed by atoms with Crippen LogP contribution in [0.25, 0.3) is 0 Å². The predicted octanol–water partition coefficient (Wildman–Crippen LogP) is 3.20. The first-order valence-corrected chi connectivity index (χ1v) is 22.7. The van der Waals surface area contributed by atoms with Crippen LogP contribution in [0.5, 0.6) is 0 Å². The highest BCUT2D eigenvalue weighted by atomic mass is 16.6. The van der Waals surface area contributed by atoms with Crippen LogP contribution < -0.4 is 26.7 Å². The van der Waals surface area contributed by atoms with Gasteiger partial charge in [-0.3, -0.25) is 39.0 Å². The molecule has 0 bridgehead atoms. The van der Waals surface area contributed by atoms with E-state index in [4.69, 9.17) is 9.47 Å². The molecule has 0 aromatic heterocycles. The molecular formula is C47H67N7O13. The van der Waals surface area contributed by atoms with Crippen LogP contribution in [0.2, 0.25) is 0 Å². The minimum Gasteiger partial charge on any atom is -0.481 e. The molecular weight excluding hydrogens is 871 g/mol. The van der Waals surface area contributed by atoms with Crippen molar-refractivity contribution in [1.82, 2.24) is 36.6 Å². The molecule has 1 heterocycles. The average molecular weight is 938 g/mol. The van der Waals surface area contributed by atoms with Crippen LogP contribution in [-0.4, -0.2) is 123 Å². The third kappa shape index (κ3) is 17.6. The number of nitrogens with zero attached hydrogens (tertiary/aromatic N) is 2. The average Bonchev–Trinajstić information content (AvgIpc) is 3.72. The normalized spacial score (nSPS) is 17.1. The molecule has 0 aliphatic carbocycles. The Kier molecular flexibility index (Phi) is 22.2. The summed E-state index contributed by atoms with van der Waals surface area (Å²) in [5.74, 6) is -9.89. The number of carbonyl (C=O) groups excluding carboxylic acids is 7.